The minimum Gasteiger partial charge on any atom is -0.394 e. The quantitative estimate of drug-likeness (QED) is 0.623. The van der Waals surface area contributed by atoms with E-state index in [2.05, 4.69) is 15.6 Å². The second-order valence-corrected chi connectivity index (χ2v) is 9.40. The van der Waals surface area contributed by atoms with E-state index >= 15 is 0 Å². The average Bonchev–Trinajstić information content (AvgIpc) is 3.44. The van der Waals surface area contributed by atoms with Crippen molar-refractivity contribution >= 4 is 5.91 Å². The molecule has 168 valence electrons. The van der Waals surface area contributed by atoms with Gasteiger partial charge < -0.3 is 20.3 Å². The van der Waals surface area contributed by atoms with E-state index in [-0.39, 0.29) is 36.7 Å². The third-order valence-electron chi connectivity index (χ3n) is 7.23. The van der Waals surface area contributed by atoms with Gasteiger partial charge in [-0.05, 0) is 44.9 Å². The maximum Gasteiger partial charge on any atom is 0.223 e. The summed E-state index contributed by atoms with van der Waals surface area (Å²) in [5.74, 6) is 0.243. The number of carbonyl (C=O) groups excluding carboxylic acids is 1. The lowest BCUT2D eigenvalue weighted by atomic mass is 9.88. The van der Waals surface area contributed by atoms with Gasteiger partial charge in [0.05, 0.1) is 24.9 Å². The van der Waals surface area contributed by atoms with E-state index in [1.54, 1.807) is 4.68 Å². The standard InChI is InChI=1S/C22H36N4O4/c27-15-19-18(23-21(28)16-6-2-1-3-7-16)9-8-17(30-19)10-13-26-14-20(24-25-26)22(29)11-4-5-12-22/h14,16-19,27,29H,1-13,15H2,(H,23,28)/t17-,18+,19+/m0/s1. The topological polar surface area (TPSA) is 110 Å². The minimum atomic E-state index is -0.814. The fourth-order valence-electron chi connectivity index (χ4n) is 5.29. The molecule has 2 aliphatic carbocycles. The molecule has 3 atom stereocenters. The molecule has 30 heavy (non-hydrogen) atoms. The van der Waals surface area contributed by atoms with Crippen LogP contribution in [-0.4, -0.2) is 56.0 Å². The van der Waals surface area contributed by atoms with Crippen molar-refractivity contribution in [2.75, 3.05) is 6.61 Å². The van der Waals surface area contributed by atoms with E-state index in [1.165, 1.54) is 6.42 Å². The molecule has 8 nitrogen and oxygen atoms in total. The summed E-state index contributed by atoms with van der Waals surface area (Å²) in [7, 11) is 0. The molecule has 8 heteroatoms. The second kappa shape index (κ2) is 9.75. The molecule has 1 amide bonds. The Morgan fingerprint density at radius 1 is 1.17 bits per heavy atom. The highest BCUT2D eigenvalue weighted by Crippen LogP contribution is 2.37. The molecule has 2 heterocycles. The Balaban J connectivity index is 1.25. The molecule has 0 radical (unpaired) electrons. The first-order valence-corrected chi connectivity index (χ1v) is 11.8. The fraction of sp³-hybridized carbons (Fsp3) is 0.864. The van der Waals surface area contributed by atoms with Gasteiger partial charge in [0.1, 0.15) is 17.4 Å². The lowest BCUT2D eigenvalue weighted by Crippen LogP contribution is -2.52. The third kappa shape index (κ3) is 5.03. The zero-order valence-corrected chi connectivity index (χ0v) is 17.8. The van der Waals surface area contributed by atoms with Crippen LogP contribution < -0.4 is 5.32 Å². The van der Waals surface area contributed by atoms with E-state index in [0.29, 0.717) is 12.2 Å². The first-order chi connectivity index (χ1) is 14.6. The van der Waals surface area contributed by atoms with Crippen molar-refractivity contribution in [3.8, 4) is 0 Å². The minimum absolute atomic E-state index is 0.0206. The van der Waals surface area contributed by atoms with Gasteiger partial charge in [0, 0.05) is 12.5 Å². The SMILES string of the molecule is O=C(N[C@@H]1CC[C@@H](CCn2cc(C3(O)CCCC3)nn2)O[C@@H]1CO)C1CCCCC1. The number of hydrogen-bond acceptors (Lipinski definition) is 6. The Bertz CT molecular complexity index is 697. The van der Waals surface area contributed by atoms with Crippen LogP contribution in [0.5, 0.6) is 0 Å². The van der Waals surface area contributed by atoms with Crippen LogP contribution >= 0.6 is 0 Å². The normalized spacial score (nSPS) is 29.7. The van der Waals surface area contributed by atoms with Gasteiger partial charge >= 0.3 is 0 Å². The summed E-state index contributed by atoms with van der Waals surface area (Å²) >= 11 is 0. The maximum absolute atomic E-state index is 12.6. The monoisotopic (exact) mass is 420 g/mol. The molecule has 1 aliphatic heterocycles. The summed E-state index contributed by atoms with van der Waals surface area (Å²) in [4.78, 5) is 12.6. The van der Waals surface area contributed by atoms with Crippen molar-refractivity contribution in [1.82, 2.24) is 20.3 Å². The number of ether oxygens (including phenoxy) is 1. The van der Waals surface area contributed by atoms with E-state index in [9.17, 15) is 15.0 Å². The first kappa shape index (κ1) is 21.7. The summed E-state index contributed by atoms with van der Waals surface area (Å²) < 4.78 is 7.89. The fourth-order valence-corrected chi connectivity index (χ4v) is 5.29. The van der Waals surface area contributed by atoms with Crippen molar-refractivity contribution in [2.24, 2.45) is 5.92 Å². The van der Waals surface area contributed by atoms with Crippen LogP contribution in [0.1, 0.15) is 82.7 Å². The van der Waals surface area contributed by atoms with Crippen LogP contribution in [0.3, 0.4) is 0 Å². The zero-order chi connectivity index (χ0) is 21.0. The van der Waals surface area contributed by atoms with Gasteiger partial charge in [0.2, 0.25) is 5.91 Å². The van der Waals surface area contributed by atoms with E-state index in [1.807, 2.05) is 6.20 Å². The number of aliphatic hydroxyl groups excluding tert-OH is 1. The second-order valence-electron chi connectivity index (χ2n) is 9.40. The number of aliphatic hydroxyl groups is 2. The summed E-state index contributed by atoms with van der Waals surface area (Å²) in [5, 5.41) is 32.0. The molecule has 1 saturated heterocycles. The number of nitrogens with zero attached hydrogens (tertiary/aromatic N) is 3. The van der Waals surface area contributed by atoms with Crippen LogP contribution in [0, 0.1) is 5.92 Å². The van der Waals surface area contributed by atoms with Gasteiger partial charge in [-0.2, -0.15) is 0 Å². The van der Waals surface area contributed by atoms with Gasteiger partial charge in [-0.1, -0.05) is 37.3 Å². The molecule has 1 aromatic heterocycles. The summed E-state index contributed by atoms with van der Waals surface area (Å²) in [6, 6.07) is -0.115. The predicted octanol–water partition coefficient (Wildman–Crippen LogP) is 2.03. The molecule has 0 unspecified atom stereocenters. The highest BCUT2D eigenvalue weighted by Gasteiger charge is 2.36. The molecule has 0 spiro atoms. The van der Waals surface area contributed by atoms with Crippen LogP contribution in [-0.2, 0) is 21.7 Å². The predicted molar refractivity (Wildman–Crippen MR) is 110 cm³/mol. The largest absolute Gasteiger partial charge is 0.394 e. The van der Waals surface area contributed by atoms with Crippen molar-refractivity contribution < 1.29 is 19.7 Å². The molecule has 0 aromatic carbocycles. The number of hydrogen-bond donors (Lipinski definition) is 3. The number of rotatable bonds is 7. The lowest BCUT2D eigenvalue weighted by molar-refractivity contribution is -0.133. The van der Waals surface area contributed by atoms with Crippen molar-refractivity contribution in [3.05, 3.63) is 11.9 Å². The van der Waals surface area contributed by atoms with E-state index in [0.717, 1.165) is 70.6 Å². The number of aromatic nitrogens is 3. The van der Waals surface area contributed by atoms with Gasteiger partial charge in [-0.15, -0.1) is 5.10 Å². The van der Waals surface area contributed by atoms with Crippen molar-refractivity contribution in [2.45, 2.75) is 107 Å². The summed E-state index contributed by atoms with van der Waals surface area (Å²) in [6.07, 6.45) is 12.9. The van der Waals surface area contributed by atoms with Gasteiger partial charge in [-0.3, -0.25) is 9.48 Å². The molecule has 3 fully saturated rings. The van der Waals surface area contributed by atoms with E-state index in [4.69, 9.17) is 4.74 Å². The zero-order valence-electron chi connectivity index (χ0n) is 17.8. The number of amides is 1. The molecular formula is C22H36N4O4. The summed E-state index contributed by atoms with van der Waals surface area (Å²) in [6.45, 7) is 0.567. The Morgan fingerprint density at radius 2 is 1.93 bits per heavy atom. The molecular weight excluding hydrogens is 384 g/mol. The van der Waals surface area contributed by atoms with Crippen LogP contribution in [0.25, 0.3) is 0 Å². The highest BCUT2D eigenvalue weighted by atomic mass is 16.5. The molecule has 0 bridgehead atoms. The molecule has 3 N–H and O–H groups in total. The lowest BCUT2D eigenvalue weighted by Gasteiger charge is -2.37. The van der Waals surface area contributed by atoms with Gasteiger partial charge in [0.25, 0.3) is 0 Å². The Hall–Kier alpha value is -1.51. The third-order valence-corrected chi connectivity index (χ3v) is 7.23. The summed E-state index contributed by atoms with van der Waals surface area (Å²) in [5.41, 5.74) is -0.144. The Labute approximate surface area is 178 Å². The van der Waals surface area contributed by atoms with Crippen LogP contribution in [0.4, 0.5) is 0 Å². The highest BCUT2D eigenvalue weighted by molar-refractivity contribution is 5.79. The maximum atomic E-state index is 12.6. The molecule has 2 saturated carbocycles. The van der Waals surface area contributed by atoms with Crippen molar-refractivity contribution in [3.63, 3.8) is 0 Å². The molecule has 1 aromatic rings. The number of nitrogens with one attached hydrogen (secondary N) is 1. The van der Waals surface area contributed by atoms with Gasteiger partial charge in [-0.25, -0.2) is 0 Å². The molecule has 4 rings (SSSR count). The Morgan fingerprint density at radius 3 is 2.67 bits per heavy atom. The number of aryl methyl sites for hydroxylation is 1. The Kier molecular flexibility index (Phi) is 7.05. The smallest absolute Gasteiger partial charge is 0.223 e. The molecule has 3 aliphatic rings. The van der Waals surface area contributed by atoms with Crippen LogP contribution in [0.15, 0.2) is 6.20 Å². The van der Waals surface area contributed by atoms with Crippen LogP contribution in [0.2, 0.25) is 0 Å². The average molecular weight is 421 g/mol. The van der Waals surface area contributed by atoms with E-state index < -0.39 is 5.60 Å². The van der Waals surface area contributed by atoms with Gasteiger partial charge in [0.15, 0.2) is 0 Å². The van der Waals surface area contributed by atoms with Crippen molar-refractivity contribution in [1.29, 1.82) is 0 Å². The number of carbonyl (C=O) groups is 1. The first-order valence-electron chi connectivity index (χ1n) is 11.8.